The van der Waals surface area contributed by atoms with Gasteiger partial charge in [0.05, 0.1) is 12.3 Å². The van der Waals surface area contributed by atoms with E-state index in [4.69, 9.17) is 23.2 Å². The summed E-state index contributed by atoms with van der Waals surface area (Å²) < 4.78 is 24.3. The van der Waals surface area contributed by atoms with Crippen molar-refractivity contribution in [1.29, 1.82) is 0 Å². The van der Waals surface area contributed by atoms with Crippen LogP contribution in [0.3, 0.4) is 0 Å². The second kappa shape index (κ2) is 6.85. The average molecular weight is 365 g/mol. The molecule has 0 aliphatic carbocycles. The van der Waals surface area contributed by atoms with Gasteiger partial charge in [0.2, 0.25) is 11.8 Å². The van der Waals surface area contributed by atoms with Crippen LogP contribution in [0, 0.1) is 0 Å². The predicted molar refractivity (Wildman–Crippen MR) is 83.5 cm³/mol. The summed E-state index contributed by atoms with van der Waals surface area (Å²) in [6, 6.07) is 4.50. The third kappa shape index (κ3) is 4.59. The number of benzene rings is 1. The van der Waals surface area contributed by atoms with Crippen molar-refractivity contribution >= 4 is 44.9 Å². The lowest BCUT2D eigenvalue weighted by Crippen LogP contribution is -2.51. The molecule has 1 fully saturated rings. The lowest BCUT2D eigenvalue weighted by molar-refractivity contribution is -0.136. The quantitative estimate of drug-likeness (QED) is 0.858. The fraction of sp³-hybridized carbons (Fsp3) is 0.385. The van der Waals surface area contributed by atoms with Crippen LogP contribution in [0.1, 0.15) is 5.56 Å². The number of halogens is 2. The van der Waals surface area contributed by atoms with Gasteiger partial charge in [-0.15, -0.1) is 0 Å². The zero-order valence-corrected chi connectivity index (χ0v) is 13.8. The lowest BCUT2D eigenvalue weighted by atomic mass is 10.2. The van der Waals surface area contributed by atoms with Crippen molar-refractivity contribution in [1.82, 2.24) is 10.2 Å². The largest absolute Gasteiger partial charge is 0.353 e. The van der Waals surface area contributed by atoms with Gasteiger partial charge in [-0.1, -0.05) is 29.3 Å². The summed E-state index contributed by atoms with van der Waals surface area (Å²) in [4.78, 5) is 24.5. The van der Waals surface area contributed by atoms with Gasteiger partial charge in [-0.2, -0.15) is 0 Å². The summed E-state index contributed by atoms with van der Waals surface area (Å²) in [7, 11) is -3.69. The van der Waals surface area contributed by atoms with Gasteiger partial charge >= 0.3 is 0 Å². The molecule has 0 unspecified atom stereocenters. The number of piperazine rings is 1. The van der Waals surface area contributed by atoms with Crippen LogP contribution in [-0.4, -0.2) is 50.5 Å². The van der Waals surface area contributed by atoms with E-state index in [1.807, 2.05) is 0 Å². The first-order valence-corrected chi connectivity index (χ1v) is 9.03. The van der Waals surface area contributed by atoms with Crippen molar-refractivity contribution in [3.8, 4) is 0 Å². The fourth-order valence-corrected chi connectivity index (χ4v) is 4.00. The number of nitrogens with one attached hydrogen (secondary N) is 1. The number of rotatable bonds is 4. The van der Waals surface area contributed by atoms with Crippen molar-refractivity contribution < 1.29 is 18.0 Å². The van der Waals surface area contributed by atoms with Crippen LogP contribution in [0.15, 0.2) is 18.2 Å². The van der Waals surface area contributed by atoms with E-state index in [9.17, 15) is 18.0 Å². The molecule has 22 heavy (non-hydrogen) atoms. The minimum Gasteiger partial charge on any atom is -0.353 e. The van der Waals surface area contributed by atoms with E-state index in [0.29, 0.717) is 23.7 Å². The van der Waals surface area contributed by atoms with Crippen LogP contribution in [0.4, 0.5) is 0 Å². The van der Waals surface area contributed by atoms with E-state index in [1.165, 1.54) is 23.1 Å². The number of amides is 2. The number of carbonyl (C=O) groups excluding carboxylic acids is 2. The smallest absolute Gasteiger partial charge is 0.239 e. The number of hydrogen-bond acceptors (Lipinski definition) is 4. The molecule has 1 aliphatic heterocycles. The Hall–Kier alpha value is -1.31. The summed E-state index contributed by atoms with van der Waals surface area (Å²) >= 11 is 11.7. The highest BCUT2D eigenvalue weighted by Gasteiger charge is 2.26. The highest BCUT2D eigenvalue weighted by atomic mass is 35.5. The summed E-state index contributed by atoms with van der Waals surface area (Å²) in [5.41, 5.74) is 0.384. The topological polar surface area (TPSA) is 83.6 Å². The molecule has 1 aromatic carbocycles. The van der Waals surface area contributed by atoms with Gasteiger partial charge in [-0.05, 0) is 17.7 Å². The molecule has 0 spiro atoms. The zero-order chi connectivity index (χ0) is 16.3. The molecule has 9 heteroatoms. The first-order valence-electron chi connectivity index (χ1n) is 6.46. The van der Waals surface area contributed by atoms with Crippen molar-refractivity contribution in [3.63, 3.8) is 0 Å². The molecular weight excluding hydrogens is 351 g/mol. The minimum atomic E-state index is -3.69. The van der Waals surface area contributed by atoms with E-state index in [1.54, 1.807) is 0 Å². The molecule has 1 heterocycles. The maximum Gasteiger partial charge on any atom is 0.239 e. The number of sulfone groups is 1. The molecule has 0 aromatic heterocycles. The van der Waals surface area contributed by atoms with Gasteiger partial charge in [0, 0.05) is 23.1 Å². The Bertz CT molecular complexity index is 706. The Morgan fingerprint density at radius 1 is 1.32 bits per heavy atom. The third-order valence-electron chi connectivity index (χ3n) is 3.12. The van der Waals surface area contributed by atoms with Crippen molar-refractivity contribution in [2.75, 3.05) is 25.4 Å². The minimum absolute atomic E-state index is 0.115. The standard InChI is InChI=1S/C13H14Cl2N2O4S/c14-10-2-1-9(11(15)5-10)7-22(20,21)8-13(19)17-4-3-16-12(18)6-17/h1-2,5H,3-4,6-8H2,(H,16,18). The predicted octanol–water partition coefficient (Wildman–Crippen LogP) is 0.867. The molecule has 1 aromatic rings. The second-order valence-electron chi connectivity index (χ2n) is 4.93. The van der Waals surface area contributed by atoms with E-state index < -0.39 is 21.5 Å². The molecule has 120 valence electrons. The molecule has 2 amide bonds. The lowest BCUT2D eigenvalue weighted by Gasteiger charge is -2.26. The van der Waals surface area contributed by atoms with Crippen molar-refractivity contribution in [3.05, 3.63) is 33.8 Å². The Labute approximate surface area is 138 Å². The van der Waals surface area contributed by atoms with Crippen LogP contribution in [0.2, 0.25) is 10.0 Å². The Morgan fingerprint density at radius 3 is 2.68 bits per heavy atom. The van der Waals surface area contributed by atoms with Crippen LogP contribution >= 0.6 is 23.2 Å². The van der Waals surface area contributed by atoms with Crippen LogP contribution in [0.25, 0.3) is 0 Å². The van der Waals surface area contributed by atoms with E-state index in [-0.39, 0.29) is 23.2 Å². The van der Waals surface area contributed by atoms with Gasteiger partial charge in [-0.3, -0.25) is 9.59 Å². The van der Waals surface area contributed by atoms with E-state index in [2.05, 4.69) is 5.32 Å². The van der Waals surface area contributed by atoms with Crippen LogP contribution < -0.4 is 5.32 Å². The molecule has 1 aliphatic rings. The molecular formula is C13H14Cl2N2O4S. The van der Waals surface area contributed by atoms with E-state index >= 15 is 0 Å². The normalized spacial score (nSPS) is 15.5. The Balaban J connectivity index is 2.04. The van der Waals surface area contributed by atoms with Crippen LogP contribution in [0.5, 0.6) is 0 Å². The molecule has 0 atom stereocenters. The fourth-order valence-electron chi connectivity index (χ4n) is 2.06. The summed E-state index contributed by atoms with van der Waals surface area (Å²) in [5.74, 6) is -1.88. The van der Waals surface area contributed by atoms with Gasteiger partial charge in [0.1, 0.15) is 5.75 Å². The number of nitrogens with zero attached hydrogens (tertiary/aromatic N) is 1. The Kier molecular flexibility index (Phi) is 5.31. The van der Waals surface area contributed by atoms with E-state index in [0.717, 1.165) is 0 Å². The van der Waals surface area contributed by atoms with Crippen LogP contribution in [-0.2, 0) is 25.2 Å². The monoisotopic (exact) mass is 364 g/mol. The SMILES string of the molecule is O=C1CN(C(=O)CS(=O)(=O)Cc2ccc(Cl)cc2Cl)CCN1. The average Bonchev–Trinajstić information content (AvgIpc) is 2.41. The zero-order valence-electron chi connectivity index (χ0n) is 11.5. The number of hydrogen-bond donors (Lipinski definition) is 1. The molecule has 2 rings (SSSR count). The molecule has 0 bridgehead atoms. The first kappa shape index (κ1) is 17.1. The van der Waals surface area contributed by atoms with Gasteiger partial charge < -0.3 is 10.2 Å². The summed E-state index contributed by atoms with van der Waals surface area (Å²) in [5, 5.41) is 3.21. The molecule has 1 N–H and O–H groups in total. The molecule has 0 saturated carbocycles. The van der Waals surface area contributed by atoms with Gasteiger partial charge in [0.15, 0.2) is 9.84 Å². The van der Waals surface area contributed by atoms with Gasteiger partial charge in [-0.25, -0.2) is 8.42 Å². The molecule has 0 radical (unpaired) electrons. The summed E-state index contributed by atoms with van der Waals surface area (Å²) in [6.45, 7) is 0.519. The third-order valence-corrected chi connectivity index (χ3v) is 5.15. The van der Waals surface area contributed by atoms with Crippen molar-refractivity contribution in [2.45, 2.75) is 5.75 Å². The second-order valence-corrected chi connectivity index (χ2v) is 7.84. The highest BCUT2D eigenvalue weighted by Crippen LogP contribution is 2.23. The molecule has 1 saturated heterocycles. The Morgan fingerprint density at radius 2 is 2.05 bits per heavy atom. The maximum absolute atomic E-state index is 12.1. The van der Waals surface area contributed by atoms with Crippen molar-refractivity contribution in [2.24, 2.45) is 0 Å². The first-order chi connectivity index (χ1) is 10.3. The number of carbonyl (C=O) groups is 2. The van der Waals surface area contributed by atoms with Gasteiger partial charge in [0.25, 0.3) is 0 Å². The molecule has 6 nitrogen and oxygen atoms in total. The summed E-state index contributed by atoms with van der Waals surface area (Å²) in [6.07, 6.45) is 0. The maximum atomic E-state index is 12.1. The highest BCUT2D eigenvalue weighted by molar-refractivity contribution is 7.91.